The van der Waals surface area contributed by atoms with Crippen molar-refractivity contribution in [2.45, 2.75) is 51.4 Å². The third-order valence-electron chi connectivity index (χ3n) is 5.57. The van der Waals surface area contributed by atoms with Crippen molar-refractivity contribution in [3.8, 4) is 0 Å². The first kappa shape index (κ1) is 19.1. The van der Waals surface area contributed by atoms with E-state index in [0.717, 1.165) is 25.0 Å². The first-order valence-corrected chi connectivity index (χ1v) is 9.00. The van der Waals surface area contributed by atoms with Gasteiger partial charge >= 0.3 is 5.97 Å². The Morgan fingerprint density at radius 2 is 1.59 bits per heavy atom. The Hall–Kier alpha value is -2.69. The lowest BCUT2D eigenvalue weighted by Crippen LogP contribution is -2.33. The lowest BCUT2D eigenvalue weighted by atomic mass is 9.63. The van der Waals surface area contributed by atoms with Crippen LogP contribution in [-0.4, -0.2) is 17.0 Å². The standard InChI is InChI=1S/C22H24FNO3/c1-21(2)9-10-22(3,4)17-12-14(6-8-16(17)21)24-19(25)13-5-7-15(20(26)27)18(23)11-13/h5-8,11-12H,9-10H2,1-4H3,(H,24,25)(H,26,27). The van der Waals surface area contributed by atoms with Gasteiger partial charge in [0.25, 0.3) is 5.91 Å². The van der Waals surface area contributed by atoms with Crippen molar-refractivity contribution in [2.75, 3.05) is 5.32 Å². The van der Waals surface area contributed by atoms with E-state index in [1.54, 1.807) is 0 Å². The molecule has 2 aromatic rings. The Kier molecular flexibility index (Phi) is 4.58. The number of aromatic carboxylic acids is 1. The molecule has 0 saturated heterocycles. The van der Waals surface area contributed by atoms with E-state index in [0.29, 0.717) is 5.69 Å². The van der Waals surface area contributed by atoms with Crippen LogP contribution >= 0.6 is 0 Å². The quantitative estimate of drug-likeness (QED) is 0.789. The molecule has 0 fully saturated rings. The van der Waals surface area contributed by atoms with Crippen LogP contribution in [0.25, 0.3) is 0 Å². The minimum atomic E-state index is -1.36. The smallest absolute Gasteiger partial charge is 0.338 e. The second kappa shape index (κ2) is 6.48. The summed E-state index contributed by atoms with van der Waals surface area (Å²) in [7, 11) is 0. The molecule has 0 saturated carbocycles. The van der Waals surface area contributed by atoms with Gasteiger partial charge in [0, 0.05) is 11.3 Å². The van der Waals surface area contributed by atoms with E-state index < -0.39 is 23.3 Å². The minimum absolute atomic E-state index is 0.0147. The molecular weight excluding hydrogens is 345 g/mol. The molecule has 0 radical (unpaired) electrons. The molecule has 2 N–H and O–H groups in total. The maximum absolute atomic E-state index is 13.9. The molecule has 142 valence electrons. The zero-order chi connectivity index (χ0) is 20.0. The second-order valence-electron chi connectivity index (χ2n) is 8.48. The van der Waals surface area contributed by atoms with Crippen LogP contribution in [0.5, 0.6) is 0 Å². The summed E-state index contributed by atoms with van der Waals surface area (Å²) in [6.45, 7) is 8.86. The third kappa shape index (κ3) is 3.59. The number of hydrogen-bond donors (Lipinski definition) is 2. The summed E-state index contributed by atoms with van der Waals surface area (Å²) in [5.74, 6) is -2.76. The molecule has 4 nitrogen and oxygen atoms in total. The number of carboxylic acid groups (broad SMARTS) is 1. The summed E-state index contributed by atoms with van der Waals surface area (Å²) in [5, 5.41) is 11.7. The fraction of sp³-hybridized carbons (Fsp3) is 0.364. The van der Waals surface area contributed by atoms with E-state index in [9.17, 15) is 14.0 Å². The molecule has 1 amide bonds. The summed E-state index contributed by atoms with van der Waals surface area (Å²) in [5.41, 5.74) is 2.87. The fourth-order valence-electron chi connectivity index (χ4n) is 3.70. The largest absolute Gasteiger partial charge is 0.478 e. The van der Waals surface area contributed by atoms with Gasteiger partial charge in [0.1, 0.15) is 5.82 Å². The highest BCUT2D eigenvalue weighted by Gasteiger charge is 2.37. The third-order valence-corrected chi connectivity index (χ3v) is 5.57. The van der Waals surface area contributed by atoms with Crippen molar-refractivity contribution < 1.29 is 19.1 Å². The number of hydrogen-bond acceptors (Lipinski definition) is 2. The van der Waals surface area contributed by atoms with E-state index in [2.05, 4.69) is 39.1 Å². The molecule has 0 heterocycles. The van der Waals surface area contributed by atoms with Gasteiger partial charge in [-0.3, -0.25) is 4.79 Å². The molecule has 5 heteroatoms. The average molecular weight is 369 g/mol. The number of carbonyl (C=O) groups excluding carboxylic acids is 1. The van der Waals surface area contributed by atoms with Gasteiger partial charge in [-0.25, -0.2) is 9.18 Å². The summed E-state index contributed by atoms with van der Waals surface area (Å²) < 4.78 is 13.9. The molecule has 0 aromatic heterocycles. The molecule has 0 aliphatic heterocycles. The second-order valence-corrected chi connectivity index (χ2v) is 8.48. The molecule has 1 aliphatic rings. The van der Waals surface area contributed by atoms with Gasteiger partial charge in [-0.15, -0.1) is 0 Å². The SMILES string of the molecule is CC1(C)CCC(C)(C)c2cc(NC(=O)c3ccc(C(=O)O)c(F)c3)ccc21. The van der Waals surface area contributed by atoms with Crippen LogP contribution in [0, 0.1) is 5.82 Å². The normalized spacial score (nSPS) is 17.1. The van der Waals surface area contributed by atoms with Crippen LogP contribution in [-0.2, 0) is 10.8 Å². The molecular formula is C22H24FNO3. The maximum atomic E-state index is 13.9. The van der Waals surface area contributed by atoms with E-state index in [1.165, 1.54) is 17.2 Å². The Morgan fingerprint density at radius 3 is 2.19 bits per heavy atom. The topological polar surface area (TPSA) is 66.4 Å². The van der Waals surface area contributed by atoms with Crippen LogP contribution in [0.4, 0.5) is 10.1 Å². The number of rotatable bonds is 3. The predicted octanol–water partition coefficient (Wildman–Crippen LogP) is 5.13. The molecule has 0 spiro atoms. The molecule has 0 bridgehead atoms. The van der Waals surface area contributed by atoms with Crippen molar-refractivity contribution in [1.82, 2.24) is 0 Å². The van der Waals surface area contributed by atoms with Crippen molar-refractivity contribution in [3.63, 3.8) is 0 Å². The lowest BCUT2D eigenvalue weighted by molar-refractivity contribution is 0.0691. The van der Waals surface area contributed by atoms with Crippen LogP contribution in [0.3, 0.4) is 0 Å². The predicted molar refractivity (Wildman–Crippen MR) is 103 cm³/mol. The number of nitrogens with one attached hydrogen (secondary N) is 1. The van der Waals surface area contributed by atoms with Crippen molar-refractivity contribution >= 4 is 17.6 Å². The summed E-state index contributed by atoms with van der Waals surface area (Å²) in [6.07, 6.45) is 2.17. The first-order valence-electron chi connectivity index (χ1n) is 9.00. The molecule has 3 rings (SSSR count). The number of anilines is 1. The minimum Gasteiger partial charge on any atom is -0.478 e. The zero-order valence-corrected chi connectivity index (χ0v) is 16.0. The van der Waals surface area contributed by atoms with Crippen molar-refractivity contribution in [2.24, 2.45) is 0 Å². The van der Waals surface area contributed by atoms with Gasteiger partial charge in [0.15, 0.2) is 0 Å². The number of fused-ring (bicyclic) bond motifs is 1. The monoisotopic (exact) mass is 369 g/mol. The van der Waals surface area contributed by atoms with Gasteiger partial charge < -0.3 is 10.4 Å². The van der Waals surface area contributed by atoms with Crippen LogP contribution in [0.15, 0.2) is 36.4 Å². The van der Waals surface area contributed by atoms with Gasteiger partial charge in [0.05, 0.1) is 5.56 Å². The van der Waals surface area contributed by atoms with Crippen molar-refractivity contribution in [1.29, 1.82) is 0 Å². The van der Waals surface area contributed by atoms with Gasteiger partial charge in [-0.05, 0) is 65.1 Å². The molecule has 0 atom stereocenters. The number of amides is 1. The Labute approximate surface area is 158 Å². The highest BCUT2D eigenvalue weighted by atomic mass is 19.1. The lowest BCUT2D eigenvalue weighted by Gasteiger charge is -2.42. The van der Waals surface area contributed by atoms with Gasteiger partial charge in [-0.2, -0.15) is 0 Å². The highest BCUT2D eigenvalue weighted by Crippen LogP contribution is 2.46. The Morgan fingerprint density at radius 1 is 0.963 bits per heavy atom. The van der Waals surface area contributed by atoms with Crippen molar-refractivity contribution in [3.05, 3.63) is 64.5 Å². The summed E-state index contributed by atoms with van der Waals surface area (Å²) in [6, 6.07) is 9.28. The number of carbonyl (C=O) groups is 2. The van der Waals surface area contributed by atoms with Crippen LogP contribution in [0.1, 0.15) is 72.4 Å². The molecule has 27 heavy (non-hydrogen) atoms. The fourth-order valence-corrected chi connectivity index (χ4v) is 3.70. The molecule has 0 unspecified atom stereocenters. The average Bonchev–Trinajstić information content (AvgIpc) is 2.58. The number of benzene rings is 2. The van der Waals surface area contributed by atoms with E-state index in [1.807, 2.05) is 12.1 Å². The van der Waals surface area contributed by atoms with Gasteiger partial charge in [0.2, 0.25) is 0 Å². The maximum Gasteiger partial charge on any atom is 0.338 e. The molecule has 2 aromatic carbocycles. The van der Waals surface area contributed by atoms with E-state index >= 15 is 0 Å². The highest BCUT2D eigenvalue weighted by molar-refractivity contribution is 6.05. The Bertz CT molecular complexity index is 931. The summed E-state index contributed by atoms with van der Waals surface area (Å²) in [4.78, 5) is 23.4. The van der Waals surface area contributed by atoms with Crippen LogP contribution in [0.2, 0.25) is 0 Å². The van der Waals surface area contributed by atoms with E-state index in [-0.39, 0.29) is 16.4 Å². The number of carboxylic acids is 1. The summed E-state index contributed by atoms with van der Waals surface area (Å²) >= 11 is 0. The van der Waals surface area contributed by atoms with Crippen LogP contribution < -0.4 is 5.32 Å². The van der Waals surface area contributed by atoms with E-state index in [4.69, 9.17) is 5.11 Å². The first-order chi connectivity index (χ1) is 12.5. The molecule has 1 aliphatic carbocycles. The zero-order valence-electron chi connectivity index (χ0n) is 16.0. The van der Waals surface area contributed by atoms with Gasteiger partial charge in [-0.1, -0.05) is 33.8 Å². The number of halogens is 1. The Balaban J connectivity index is 1.90.